The highest BCUT2D eigenvalue weighted by Gasteiger charge is 2.31. The number of carbonyl (C=O) groups is 1. The Bertz CT molecular complexity index is 1460. The summed E-state index contributed by atoms with van der Waals surface area (Å²) in [6.07, 6.45) is 0. The SMILES string of the molecule is Cc1ccc(C(=O)c2sc(Nc3cc(C)cc(C)c3)c(S(=O)(=O)c3ccc(C)cc3)c2N)cc1. The fourth-order valence-corrected chi connectivity index (χ4v) is 6.73. The van der Waals surface area contributed by atoms with Crippen LogP contribution in [0.1, 0.15) is 37.5 Å². The van der Waals surface area contributed by atoms with Gasteiger partial charge in [0.25, 0.3) is 0 Å². The molecule has 0 bridgehead atoms. The van der Waals surface area contributed by atoms with E-state index < -0.39 is 9.84 Å². The van der Waals surface area contributed by atoms with Crippen LogP contribution in [0.15, 0.2) is 76.5 Å². The number of nitrogens with one attached hydrogen (secondary N) is 1. The molecule has 5 nitrogen and oxygen atoms in total. The average molecular weight is 491 g/mol. The van der Waals surface area contributed by atoms with Gasteiger partial charge in [0.1, 0.15) is 14.8 Å². The Hall–Kier alpha value is -3.42. The lowest BCUT2D eigenvalue weighted by molar-refractivity contribution is 0.104. The monoisotopic (exact) mass is 490 g/mol. The van der Waals surface area contributed by atoms with Crippen LogP contribution in [0.4, 0.5) is 16.4 Å². The molecule has 3 aromatic carbocycles. The molecule has 0 spiro atoms. The third kappa shape index (κ3) is 4.62. The van der Waals surface area contributed by atoms with Gasteiger partial charge in [0.15, 0.2) is 0 Å². The molecule has 0 unspecified atom stereocenters. The van der Waals surface area contributed by atoms with E-state index in [1.165, 1.54) is 0 Å². The largest absolute Gasteiger partial charge is 0.396 e. The Labute approximate surface area is 204 Å². The second-order valence-electron chi connectivity index (χ2n) is 8.52. The number of thiophene rings is 1. The highest BCUT2D eigenvalue weighted by Crippen LogP contribution is 2.44. The van der Waals surface area contributed by atoms with Gasteiger partial charge in [0.2, 0.25) is 15.6 Å². The van der Waals surface area contributed by atoms with E-state index in [2.05, 4.69) is 5.32 Å². The molecular weight excluding hydrogens is 464 g/mol. The first kappa shape index (κ1) is 23.7. The van der Waals surface area contributed by atoms with Crippen LogP contribution in [-0.2, 0) is 9.84 Å². The molecule has 0 saturated heterocycles. The summed E-state index contributed by atoms with van der Waals surface area (Å²) in [5, 5.41) is 3.54. The van der Waals surface area contributed by atoms with E-state index in [1.54, 1.807) is 36.4 Å². The molecule has 0 radical (unpaired) electrons. The van der Waals surface area contributed by atoms with Gasteiger partial charge in [0, 0.05) is 11.3 Å². The summed E-state index contributed by atoms with van der Waals surface area (Å²) in [4.78, 5) is 13.6. The number of carbonyl (C=O) groups excluding carboxylic acids is 1. The number of hydrogen-bond acceptors (Lipinski definition) is 6. The van der Waals surface area contributed by atoms with Gasteiger partial charge < -0.3 is 11.1 Å². The lowest BCUT2D eigenvalue weighted by Crippen LogP contribution is -2.08. The molecule has 4 rings (SSSR count). The quantitative estimate of drug-likeness (QED) is 0.307. The van der Waals surface area contributed by atoms with Gasteiger partial charge >= 0.3 is 0 Å². The van der Waals surface area contributed by atoms with E-state index in [1.807, 2.05) is 58.0 Å². The lowest BCUT2D eigenvalue weighted by atomic mass is 10.1. The number of aryl methyl sites for hydroxylation is 4. The number of sulfone groups is 1. The molecule has 34 heavy (non-hydrogen) atoms. The molecular formula is C27H26N2O3S2. The van der Waals surface area contributed by atoms with Gasteiger partial charge in [-0.1, -0.05) is 53.6 Å². The van der Waals surface area contributed by atoms with Crippen molar-refractivity contribution in [3.8, 4) is 0 Å². The van der Waals surface area contributed by atoms with Crippen LogP contribution in [0, 0.1) is 27.7 Å². The first-order valence-electron chi connectivity index (χ1n) is 10.8. The van der Waals surface area contributed by atoms with Crippen molar-refractivity contribution in [2.24, 2.45) is 0 Å². The van der Waals surface area contributed by atoms with Crippen LogP contribution in [0.25, 0.3) is 0 Å². The Morgan fingerprint density at radius 2 is 1.32 bits per heavy atom. The van der Waals surface area contributed by atoms with Gasteiger partial charge in [-0.25, -0.2) is 8.42 Å². The van der Waals surface area contributed by atoms with E-state index in [9.17, 15) is 13.2 Å². The summed E-state index contributed by atoms with van der Waals surface area (Å²) in [5.74, 6) is -0.309. The number of rotatable bonds is 6. The fourth-order valence-electron chi connectivity index (χ4n) is 3.80. The van der Waals surface area contributed by atoms with Crippen molar-refractivity contribution in [3.05, 3.63) is 99.4 Å². The van der Waals surface area contributed by atoms with Crippen molar-refractivity contribution in [1.29, 1.82) is 0 Å². The standard InChI is InChI=1S/C27H26N2O3S2/c1-16-5-9-20(10-6-16)24(30)25-23(28)26(34(31,32)22-11-7-17(2)8-12-22)27(33-25)29-21-14-18(3)13-19(4)15-21/h5-15,29H,28H2,1-4H3. The van der Waals surface area contributed by atoms with E-state index >= 15 is 0 Å². The van der Waals surface area contributed by atoms with Crippen LogP contribution in [-0.4, -0.2) is 14.2 Å². The molecule has 0 atom stereocenters. The minimum Gasteiger partial charge on any atom is -0.396 e. The third-order valence-electron chi connectivity index (χ3n) is 5.50. The van der Waals surface area contributed by atoms with Crippen LogP contribution in [0.2, 0.25) is 0 Å². The Morgan fingerprint density at radius 3 is 1.88 bits per heavy atom. The number of benzene rings is 3. The van der Waals surface area contributed by atoms with Gasteiger partial charge in [-0.2, -0.15) is 0 Å². The minimum atomic E-state index is -3.99. The molecule has 1 aromatic heterocycles. The molecule has 174 valence electrons. The topological polar surface area (TPSA) is 89.3 Å². The predicted molar refractivity (Wildman–Crippen MR) is 139 cm³/mol. The van der Waals surface area contributed by atoms with Gasteiger partial charge in [-0.05, 0) is 63.1 Å². The Morgan fingerprint density at radius 1 is 0.794 bits per heavy atom. The van der Waals surface area contributed by atoms with Gasteiger partial charge in [-0.15, -0.1) is 11.3 Å². The van der Waals surface area contributed by atoms with Crippen LogP contribution < -0.4 is 11.1 Å². The van der Waals surface area contributed by atoms with Crippen molar-refractivity contribution in [2.75, 3.05) is 11.1 Å². The van der Waals surface area contributed by atoms with Crippen molar-refractivity contribution >= 4 is 43.3 Å². The maximum absolute atomic E-state index is 13.7. The minimum absolute atomic E-state index is 0.0389. The predicted octanol–water partition coefficient (Wildman–Crippen LogP) is 6.37. The summed E-state index contributed by atoms with van der Waals surface area (Å²) >= 11 is 1.06. The zero-order valence-corrected chi connectivity index (χ0v) is 21.1. The van der Waals surface area contributed by atoms with Crippen LogP contribution in [0.5, 0.6) is 0 Å². The molecule has 0 fully saturated rings. The molecule has 0 aliphatic rings. The highest BCUT2D eigenvalue weighted by molar-refractivity contribution is 7.92. The third-order valence-corrected chi connectivity index (χ3v) is 8.60. The number of anilines is 3. The molecule has 3 N–H and O–H groups in total. The second kappa shape index (κ2) is 9.08. The Balaban J connectivity index is 1.89. The first-order valence-corrected chi connectivity index (χ1v) is 13.1. The number of nitrogens with two attached hydrogens (primary N) is 1. The van der Waals surface area contributed by atoms with E-state index in [4.69, 9.17) is 5.73 Å². The van der Waals surface area contributed by atoms with Crippen molar-refractivity contribution in [1.82, 2.24) is 0 Å². The Kier molecular flexibility index (Phi) is 6.34. The summed E-state index contributed by atoms with van der Waals surface area (Å²) in [6.45, 7) is 7.77. The number of nitrogen functional groups attached to an aromatic ring is 1. The maximum Gasteiger partial charge on any atom is 0.211 e. The zero-order chi connectivity index (χ0) is 24.6. The smallest absolute Gasteiger partial charge is 0.211 e. The second-order valence-corrected chi connectivity index (χ2v) is 11.4. The van der Waals surface area contributed by atoms with Crippen LogP contribution >= 0.6 is 11.3 Å². The summed E-state index contributed by atoms with van der Waals surface area (Å²) in [7, 11) is -3.99. The first-order chi connectivity index (χ1) is 16.1. The van der Waals surface area contributed by atoms with E-state index in [-0.39, 0.29) is 26.1 Å². The zero-order valence-electron chi connectivity index (χ0n) is 19.5. The molecule has 0 saturated carbocycles. The highest BCUT2D eigenvalue weighted by atomic mass is 32.2. The molecule has 1 heterocycles. The normalized spacial score (nSPS) is 11.4. The molecule has 0 amide bonds. The molecule has 0 aliphatic heterocycles. The van der Waals surface area contributed by atoms with Crippen LogP contribution in [0.3, 0.4) is 0 Å². The van der Waals surface area contributed by atoms with Crippen molar-refractivity contribution in [3.63, 3.8) is 0 Å². The molecule has 7 heteroatoms. The summed E-state index contributed by atoms with van der Waals surface area (Å²) < 4.78 is 27.4. The van der Waals surface area contributed by atoms with Gasteiger partial charge in [-0.3, -0.25) is 4.79 Å². The summed E-state index contributed by atoms with van der Waals surface area (Å²) in [5.41, 5.74) is 11.6. The number of hydrogen-bond donors (Lipinski definition) is 2. The average Bonchev–Trinajstić information content (AvgIpc) is 3.09. The fraction of sp³-hybridized carbons (Fsp3) is 0.148. The number of ketones is 1. The van der Waals surface area contributed by atoms with Crippen molar-refractivity contribution in [2.45, 2.75) is 37.5 Å². The van der Waals surface area contributed by atoms with Gasteiger partial charge in [0.05, 0.1) is 10.6 Å². The molecule has 4 aromatic rings. The lowest BCUT2D eigenvalue weighted by Gasteiger charge is -2.11. The van der Waals surface area contributed by atoms with E-state index in [0.29, 0.717) is 10.6 Å². The summed E-state index contributed by atoms with van der Waals surface area (Å²) in [6, 6.07) is 19.6. The maximum atomic E-state index is 13.7. The van der Waals surface area contributed by atoms with Crippen molar-refractivity contribution < 1.29 is 13.2 Å². The molecule has 0 aliphatic carbocycles. The van der Waals surface area contributed by atoms with E-state index in [0.717, 1.165) is 39.3 Å².